The second kappa shape index (κ2) is 11.3. The Morgan fingerprint density at radius 2 is 1.81 bits per heavy atom. The van der Waals surface area contributed by atoms with Gasteiger partial charge in [0.25, 0.3) is 0 Å². The quantitative estimate of drug-likeness (QED) is 0.402. The maximum atomic E-state index is 5.53. The molecule has 0 fully saturated rings. The molecule has 0 aliphatic heterocycles. The summed E-state index contributed by atoms with van der Waals surface area (Å²) < 4.78 is 5.08. The summed E-state index contributed by atoms with van der Waals surface area (Å²) in [5, 5.41) is 3.41. The van der Waals surface area contributed by atoms with Gasteiger partial charge in [0.05, 0.1) is 0 Å². The van der Waals surface area contributed by atoms with E-state index in [9.17, 15) is 0 Å². The highest BCUT2D eigenvalue weighted by Crippen LogP contribution is 1.92. The summed E-state index contributed by atoms with van der Waals surface area (Å²) in [5.74, 6) is 0.558. The summed E-state index contributed by atoms with van der Waals surface area (Å²) >= 11 is 0. The first-order valence-corrected chi connectivity index (χ1v) is 6.06. The lowest BCUT2D eigenvalue weighted by Gasteiger charge is -2.21. The fraction of sp³-hybridized carbons (Fsp3) is 1.00. The van der Waals surface area contributed by atoms with Crippen LogP contribution in [0.15, 0.2) is 0 Å². The van der Waals surface area contributed by atoms with E-state index in [1.807, 2.05) is 0 Å². The molecular formula is C11H28N4O. The van der Waals surface area contributed by atoms with Gasteiger partial charge in [0, 0.05) is 53.0 Å². The van der Waals surface area contributed by atoms with Crippen molar-refractivity contribution < 1.29 is 4.74 Å². The topological polar surface area (TPSA) is 76.5 Å². The lowest BCUT2D eigenvalue weighted by atomic mass is 10.2. The second-order valence-electron chi connectivity index (χ2n) is 4.18. The molecule has 0 spiro atoms. The predicted molar refractivity (Wildman–Crippen MR) is 68.5 cm³/mol. The van der Waals surface area contributed by atoms with Gasteiger partial charge >= 0.3 is 0 Å². The Morgan fingerprint density at radius 3 is 2.31 bits per heavy atom. The summed E-state index contributed by atoms with van der Waals surface area (Å²) in [6.07, 6.45) is 0. The Morgan fingerprint density at radius 1 is 1.19 bits per heavy atom. The first kappa shape index (κ1) is 15.8. The average Bonchev–Trinajstić information content (AvgIpc) is 2.25. The Bertz CT molecular complexity index is 140. The fourth-order valence-electron chi connectivity index (χ4n) is 1.63. The maximum Gasteiger partial charge on any atom is 0.0499 e. The van der Waals surface area contributed by atoms with Gasteiger partial charge in [-0.2, -0.15) is 0 Å². The largest absolute Gasteiger partial charge is 0.384 e. The van der Waals surface area contributed by atoms with Crippen LogP contribution >= 0.6 is 0 Å². The van der Waals surface area contributed by atoms with Gasteiger partial charge in [-0.25, -0.2) is 0 Å². The van der Waals surface area contributed by atoms with Gasteiger partial charge in [-0.3, -0.25) is 4.90 Å². The van der Waals surface area contributed by atoms with Gasteiger partial charge in [0.1, 0.15) is 0 Å². The Kier molecular flexibility index (Phi) is 11.1. The molecular weight excluding hydrogens is 204 g/mol. The molecule has 1 unspecified atom stereocenters. The Balaban J connectivity index is 3.45. The zero-order chi connectivity index (χ0) is 12.2. The van der Waals surface area contributed by atoms with Gasteiger partial charge in [-0.15, -0.1) is 0 Å². The van der Waals surface area contributed by atoms with Crippen molar-refractivity contribution in [3.8, 4) is 0 Å². The predicted octanol–water partition coefficient (Wildman–Crippen LogP) is -0.922. The molecule has 0 aromatic carbocycles. The van der Waals surface area contributed by atoms with Crippen LogP contribution in [0.4, 0.5) is 0 Å². The molecule has 5 heteroatoms. The third-order valence-corrected chi connectivity index (χ3v) is 2.44. The van der Waals surface area contributed by atoms with E-state index in [1.54, 1.807) is 7.11 Å². The molecule has 0 aromatic heterocycles. The molecule has 0 saturated carbocycles. The van der Waals surface area contributed by atoms with Crippen molar-refractivity contribution >= 4 is 0 Å². The minimum atomic E-state index is 0.558. The van der Waals surface area contributed by atoms with Crippen molar-refractivity contribution in [1.29, 1.82) is 0 Å². The average molecular weight is 232 g/mol. The third-order valence-electron chi connectivity index (χ3n) is 2.44. The standard InChI is InChI=1S/C11H28N4O/c1-11(10-16-2)9-14-5-8-15(6-3-12)7-4-13/h11,14H,3-10,12-13H2,1-2H3. The molecule has 1 atom stereocenters. The molecule has 0 aromatic rings. The van der Waals surface area contributed by atoms with Crippen molar-refractivity contribution in [1.82, 2.24) is 10.2 Å². The highest BCUT2D eigenvalue weighted by Gasteiger charge is 2.03. The summed E-state index contributed by atoms with van der Waals surface area (Å²) in [7, 11) is 1.74. The fourth-order valence-corrected chi connectivity index (χ4v) is 1.63. The van der Waals surface area contributed by atoms with E-state index in [-0.39, 0.29) is 0 Å². The molecule has 0 bridgehead atoms. The molecule has 5 N–H and O–H groups in total. The van der Waals surface area contributed by atoms with Gasteiger partial charge in [-0.1, -0.05) is 6.92 Å². The van der Waals surface area contributed by atoms with Crippen molar-refractivity contribution in [2.75, 3.05) is 59.5 Å². The third kappa shape index (κ3) is 9.06. The van der Waals surface area contributed by atoms with Crippen LogP contribution in [0.5, 0.6) is 0 Å². The van der Waals surface area contributed by atoms with E-state index in [0.717, 1.165) is 39.3 Å². The lowest BCUT2D eigenvalue weighted by Crippen LogP contribution is -2.39. The first-order valence-electron chi connectivity index (χ1n) is 6.06. The highest BCUT2D eigenvalue weighted by molar-refractivity contribution is 4.62. The molecule has 0 radical (unpaired) electrons. The van der Waals surface area contributed by atoms with E-state index in [1.165, 1.54) is 0 Å². The van der Waals surface area contributed by atoms with Gasteiger partial charge < -0.3 is 21.5 Å². The molecule has 0 saturated heterocycles. The second-order valence-corrected chi connectivity index (χ2v) is 4.18. The Hall–Kier alpha value is -0.200. The zero-order valence-corrected chi connectivity index (χ0v) is 10.7. The van der Waals surface area contributed by atoms with E-state index in [2.05, 4.69) is 17.1 Å². The van der Waals surface area contributed by atoms with Crippen LogP contribution in [0.1, 0.15) is 6.92 Å². The zero-order valence-electron chi connectivity index (χ0n) is 10.7. The summed E-state index contributed by atoms with van der Waals surface area (Å²) in [4.78, 5) is 2.29. The molecule has 0 rings (SSSR count). The van der Waals surface area contributed by atoms with Gasteiger partial charge in [-0.05, 0) is 12.5 Å². The summed E-state index contributed by atoms with van der Waals surface area (Å²) in [6, 6.07) is 0. The van der Waals surface area contributed by atoms with Crippen molar-refractivity contribution in [2.45, 2.75) is 6.92 Å². The van der Waals surface area contributed by atoms with Crippen LogP contribution in [0.3, 0.4) is 0 Å². The van der Waals surface area contributed by atoms with E-state index in [0.29, 0.717) is 19.0 Å². The van der Waals surface area contributed by atoms with E-state index < -0.39 is 0 Å². The van der Waals surface area contributed by atoms with Crippen LogP contribution in [0.25, 0.3) is 0 Å². The molecule has 16 heavy (non-hydrogen) atoms. The van der Waals surface area contributed by atoms with Crippen LogP contribution in [0.2, 0.25) is 0 Å². The lowest BCUT2D eigenvalue weighted by molar-refractivity contribution is 0.158. The number of hydrogen-bond donors (Lipinski definition) is 3. The van der Waals surface area contributed by atoms with E-state index >= 15 is 0 Å². The molecule has 0 heterocycles. The number of methoxy groups -OCH3 is 1. The number of ether oxygens (including phenoxy) is 1. The van der Waals surface area contributed by atoms with Crippen LogP contribution in [-0.2, 0) is 4.74 Å². The molecule has 0 amide bonds. The molecule has 98 valence electrons. The summed E-state index contributed by atoms with van der Waals surface area (Å²) in [6.45, 7) is 9.20. The van der Waals surface area contributed by atoms with E-state index in [4.69, 9.17) is 16.2 Å². The van der Waals surface area contributed by atoms with Crippen LogP contribution < -0.4 is 16.8 Å². The number of hydrogen-bond acceptors (Lipinski definition) is 5. The summed E-state index contributed by atoms with van der Waals surface area (Å²) in [5.41, 5.74) is 11.1. The number of rotatable bonds is 11. The number of nitrogens with two attached hydrogens (primary N) is 2. The molecule has 0 aliphatic rings. The van der Waals surface area contributed by atoms with Crippen LogP contribution in [0, 0.1) is 5.92 Å². The monoisotopic (exact) mass is 232 g/mol. The van der Waals surface area contributed by atoms with Crippen molar-refractivity contribution in [2.24, 2.45) is 17.4 Å². The number of nitrogens with zero attached hydrogens (tertiary/aromatic N) is 1. The minimum absolute atomic E-state index is 0.558. The molecule has 5 nitrogen and oxygen atoms in total. The first-order chi connectivity index (χ1) is 7.74. The minimum Gasteiger partial charge on any atom is -0.384 e. The normalized spacial score (nSPS) is 13.3. The smallest absolute Gasteiger partial charge is 0.0499 e. The number of nitrogens with one attached hydrogen (secondary N) is 1. The van der Waals surface area contributed by atoms with Crippen LogP contribution in [-0.4, -0.2) is 64.4 Å². The van der Waals surface area contributed by atoms with Crippen molar-refractivity contribution in [3.63, 3.8) is 0 Å². The Labute approximate surface area is 99.5 Å². The maximum absolute atomic E-state index is 5.53. The SMILES string of the molecule is COCC(C)CNCCN(CCN)CCN. The molecule has 0 aliphatic carbocycles. The highest BCUT2D eigenvalue weighted by atomic mass is 16.5. The van der Waals surface area contributed by atoms with Gasteiger partial charge in [0.2, 0.25) is 0 Å². The van der Waals surface area contributed by atoms with Crippen molar-refractivity contribution in [3.05, 3.63) is 0 Å². The van der Waals surface area contributed by atoms with Gasteiger partial charge in [0.15, 0.2) is 0 Å².